The number of aromatic nitrogens is 3. The molecule has 194 valence electrons. The molecule has 1 saturated carbocycles. The Bertz CT molecular complexity index is 1270. The lowest BCUT2D eigenvalue weighted by atomic mass is 9.83. The van der Waals surface area contributed by atoms with Crippen LogP contribution in [0.4, 0.5) is 5.95 Å². The summed E-state index contributed by atoms with van der Waals surface area (Å²) in [7, 11) is -3.47. The summed E-state index contributed by atoms with van der Waals surface area (Å²) in [6.07, 6.45) is 12.3. The van der Waals surface area contributed by atoms with Gasteiger partial charge in [0.25, 0.3) is 0 Å². The fraction of sp³-hybridized carbons (Fsp3) is 0.556. The fourth-order valence-corrected chi connectivity index (χ4v) is 6.95. The summed E-state index contributed by atoms with van der Waals surface area (Å²) in [6, 6.07) is 7.17. The zero-order valence-electron chi connectivity index (χ0n) is 21.1. The van der Waals surface area contributed by atoms with Gasteiger partial charge in [0, 0.05) is 31.5 Å². The summed E-state index contributed by atoms with van der Waals surface area (Å²) in [5, 5.41) is 13.4. The highest BCUT2D eigenvalue weighted by molar-refractivity contribution is 7.89. The molecular weight excluding hydrogens is 474 g/mol. The number of hydrogen-bond donors (Lipinski definition) is 2. The second-order valence-electron chi connectivity index (χ2n) is 10.1. The number of benzene rings is 1. The van der Waals surface area contributed by atoms with Gasteiger partial charge < -0.3 is 15.0 Å². The standard InChI is InChI=1S/C27H37N5O3S/c1-2-3-15-28-27-29-18-25-26(30-27)24(20-7-11-22(33)12-8-20)19-32(25)21-9-13-23(14-10-21)36(34,35)31-16-5-4-6-17-31/h9-10,13-14,18-20,22,33H,2-8,11-12,15-17H2,1H3,(H,28,29,30)/t20-,22-. The van der Waals surface area contributed by atoms with E-state index in [1.165, 1.54) is 5.56 Å². The molecule has 3 heterocycles. The first-order chi connectivity index (χ1) is 17.5. The van der Waals surface area contributed by atoms with Gasteiger partial charge in [-0.15, -0.1) is 0 Å². The lowest BCUT2D eigenvalue weighted by molar-refractivity contribution is 0.122. The van der Waals surface area contributed by atoms with Crippen molar-refractivity contribution in [3.63, 3.8) is 0 Å². The van der Waals surface area contributed by atoms with Crippen LogP contribution in [0.5, 0.6) is 0 Å². The van der Waals surface area contributed by atoms with E-state index in [4.69, 9.17) is 4.98 Å². The average molecular weight is 512 g/mol. The number of aliphatic hydroxyl groups is 1. The van der Waals surface area contributed by atoms with Gasteiger partial charge in [-0.2, -0.15) is 4.31 Å². The van der Waals surface area contributed by atoms with E-state index in [0.717, 1.165) is 81.1 Å². The summed E-state index contributed by atoms with van der Waals surface area (Å²) in [5.41, 5.74) is 3.89. The molecule has 0 atom stereocenters. The quantitative estimate of drug-likeness (QED) is 0.421. The van der Waals surface area contributed by atoms with Crippen LogP contribution < -0.4 is 5.32 Å². The van der Waals surface area contributed by atoms with Gasteiger partial charge in [-0.3, -0.25) is 0 Å². The summed E-state index contributed by atoms with van der Waals surface area (Å²) in [4.78, 5) is 9.80. The molecule has 8 nitrogen and oxygen atoms in total. The molecule has 5 rings (SSSR count). The van der Waals surface area contributed by atoms with Crippen LogP contribution in [0.1, 0.15) is 76.2 Å². The van der Waals surface area contributed by atoms with Crippen LogP contribution in [0.25, 0.3) is 16.7 Å². The van der Waals surface area contributed by atoms with Gasteiger partial charge in [0.15, 0.2) is 0 Å². The average Bonchev–Trinajstić information content (AvgIpc) is 3.29. The predicted octanol–water partition coefficient (Wildman–Crippen LogP) is 4.83. The molecule has 2 N–H and O–H groups in total. The van der Waals surface area contributed by atoms with Crippen molar-refractivity contribution >= 4 is 27.0 Å². The number of rotatable bonds is 8. The topological polar surface area (TPSA) is 100 Å². The lowest BCUT2D eigenvalue weighted by Gasteiger charge is -2.26. The Labute approximate surface area is 213 Å². The fourth-order valence-electron chi connectivity index (χ4n) is 5.43. The summed E-state index contributed by atoms with van der Waals surface area (Å²) >= 11 is 0. The Hall–Kier alpha value is -2.49. The third-order valence-electron chi connectivity index (χ3n) is 7.59. The monoisotopic (exact) mass is 511 g/mol. The highest BCUT2D eigenvalue weighted by Crippen LogP contribution is 2.38. The van der Waals surface area contributed by atoms with Crippen LogP contribution >= 0.6 is 0 Å². The molecule has 1 aliphatic carbocycles. The van der Waals surface area contributed by atoms with Gasteiger partial charge in [-0.05, 0) is 80.7 Å². The van der Waals surface area contributed by atoms with E-state index >= 15 is 0 Å². The second kappa shape index (κ2) is 10.9. The van der Waals surface area contributed by atoms with E-state index in [2.05, 4.69) is 28.0 Å². The Morgan fingerprint density at radius 1 is 1.06 bits per heavy atom. The molecule has 36 heavy (non-hydrogen) atoms. The van der Waals surface area contributed by atoms with Crippen molar-refractivity contribution in [2.75, 3.05) is 25.0 Å². The van der Waals surface area contributed by atoms with E-state index in [0.29, 0.717) is 29.9 Å². The molecule has 3 aromatic rings. The zero-order valence-corrected chi connectivity index (χ0v) is 21.9. The van der Waals surface area contributed by atoms with Crippen molar-refractivity contribution in [3.8, 4) is 5.69 Å². The van der Waals surface area contributed by atoms with Crippen LogP contribution in [0.3, 0.4) is 0 Å². The number of fused-ring (bicyclic) bond motifs is 1. The van der Waals surface area contributed by atoms with E-state index in [9.17, 15) is 13.5 Å². The molecule has 0 unspecified atom stereocenters. The first-order valence-electron chi connectivity index (χ1n) is 13.4. The van der Waals surface area contributed by atoms with E-state index < -0.39 is 10.0 Å². The van der Waals surface area contributed by atoms with Crippen molar-refractivity contribution in [2.45, 2.75) is 81.6 Å². The molecule has 1 aromatic carbocycles. The number of piperidine rings is 1. The van der Waals surface area contributed by atoms with Crippen molar-refractivity contribution in [2.24, 2.45) is 0 Å². The second-order valence-corrected chi connectivity index (χ2v) is 12.1. The summed E-state index contributed by atoms with van der Waals surface area (Å²) < 4.78 is 29.9. The normalized spacial score (nSPS) is 21.6. The predicted molar refractivity (Wildman–Crippen MR) is 142 cm³/mol. The lowest BCUT2D eigenvalue weighted by Crippen LogP contribution is -2.35. The minimum absolute atomic E-state index is 0.218. The van der Waals surface area contributed by atoms with Crippen molar-refractivity contribution in [1.29, 1.82) is 0 Å². The van der Waals surface area contributed by atoms with Crippen molar-refractivity contribution in [1.82, 2.24) is 18.8 Å². The molecule has 2 aliphatic rings. The van der Waals surface area contributed by atoms with Gasteiger partial charge >= 0.3 is 0 Å². The van der Waals surface area contributed by atoms with Gasteiger partial charge in [-0.25, -0.2) is 18.4 Å². The Morgan fingerprint density at radius 2 is 1.78 bits per heavy atom. The molecular formula is C27H37N5O3S. The smallest absolute Gasteiger partial charge is 0.243 e. The first kappa shape index (κ1) is 25.2. The van der Waals surface area contributed by atoms with E-state index in [1.54, 1.807) is 16.4 Å². The maximum atomic E-state index is 13.1. The van der Waals surface area contributed by atoms with E-state index in [-0.39, 0.29) is 6.10 Å². The number of hydrogen-bond acceptors (Lipinski definition) is 6. The van der Waals surface area contributed by atoms with E-state index in [1.807, 2.05) is 18.3 Å². The first-order valence-corrected chi connectivity index (χ1v) is 14.8. The van der Waals surface area contributed by atoms with Crippen LogP contribution in [0, 0.1) is 0 Å². The summed E-state index contributed by atoms with van der Waals surface area (Å²) in [6.45, 7) is 4.18. The maximum Gasteiger partial charge on any atom is 0.243 e. The number of nitrogens with one attached hydrogen (secondary N) is 1. The molecule has 0 amide bonds. The Balaban J connectivity index is 1.49. The van der Waals surface area contributed by atoms with Crippen LogP contribution in [0.2, 0.25) is 0 Å². The highest BCUT2D eigenvalue weighted by Gasteiger charge is 2.27. The third-order valence-corrected chi connectivity index (χ3v) is 9.50. The van der Waals surface area contributed by atoms with Gasteiger partial charge in [0.1, 0.15) is 0 Å². The molecule has 0 spiro atoms. The molecule has 0 radical (unpaired) electrons. The van der Waals surface area contributed by atoms with Gasteiger partial charge in [-0.1, -0.05) is 19.8 Å². The highest BCUT2D eigenvalue weighted by atomic mass is 32.2. The molecule has 2 fully saturated rings. The molecule has 2 aromatic heterocycles. The molecule has 9 heteroatoms. The molecule has 1 aliphatic heterocycles. The molecule has 0 bridgehead atoms. The number of sulfonamides is 1. The van der Waals surface area contributed by atoms with Gasteiger partial charge in [0.05, 0.1) is 28.2 Å². The van der Waals surface area contributed by atoms with Crippen LogP contribution in [-0.4, -0.2) is 58.1 Å². The molecule has 1 saturated heterocycles. The maximum absolute atomic E-state index is 13.1. The van der Waals surface area contributed by atoms with Crippen molar-refractivity contribution < 1.29 is 13.5 Å². The van der Waals surface area contributed by atoms with Crippen LogP contribution in [-0.2, 0) is 10.0 Å². The minimum Gasteiger partial charge on any atom is -0.393 e. The van der Waals surface area contributed by atoms with Gasteiger partial charge in [0.2, 0.25) is 16.0 Å². The third kappa shape index (κ3) is 5.14. The number of anilines is 1. The zero-order chi connectivity index (χ0) is 25.1. The largest absolute Gasteiger partial charge is 0.393 e. The van der Waals surface area contributed by atoms with Crippen molar-refractivity contribution in [3.05, 3.63) is 42.2 Å². The number of aliphatic hydroxyl groups excluding tert-OH is 1. The SMILES string of the molecule is CCCCNc1ncc2c(n1)c([C@H]1CC[C@H](O)CC1)cn2-c1ccc(S(=O)(=O)N2CCCCC2)cc1. The van der Waals surface area contributed by atoms with Crippen LogP contribution in [0.15, 0.2) is 41.6 Å². The number of nitrogens with zero attached hydrogens (tertiary/aromatic N) is 4. The summed E-state index contributed by atoms with van der Waals surface area (Å²) in [5.74, 6) is 0.961. The minimum atomic E-state index is -3.47. The number of unbranched alkanes of at least 4 members (excludes halogenated alkanes) is 1. The Kier molecular flexibility index (Phi) is 7.60. The Morgan fingerprint density at radius 3 is 2.47 bits per heavy atom.